The Hall–Kier alpha value is -7.09. The van der Waals surface area contributed by atoms with E-state index in [4.69, 9.17) is 19.4 Å². The lowest BCUT2D eigenvalue weighted by Gasteiger charge is -2.14. The fourth-order valence-corrected chi connectivity index (χ4v) is 6.64. The highest BCUT2D eigenvalue weighted by Crippen LogP contribution is 2.42. The predicted molar refractivity (Wildman–Crippen MR) is 187 cm³/mol. The van der Waals surface area contributed by atoms with Gasteiger partial charge in [0.15, 0.2) is 17.5 Å². The molecule has 0 saturated carbocycles. The van der Waals surface area contributed by atoms with E-state index >= 15 is 0 Å². The maximum atomic E-state index is 10.8. The van der Waals surface area contributed by atoms with E-state index in [1.165, 1.54) is 0 Å². The zero-order chi connectivity index (χ0) is 32.2. The summed E-state index contributed by atoms with van der Waals surface area (Å²) in [5.74, 6) is 1.26. The van der Waals surface area contributed by atoms with Gasteiger partial charge in [0.2, 0.25) is 0 Å². The van der Waals surface area contributed by atoms with Gasteiger partial charge in [0.1, 0.15) is 23.3 Å². The molecule has 48 heavy (non-hydrogen) atoms. The number of nitriles is 2. The fourth-order valence-electron chi connectivity index (χ4n) is 6.64. The summed E-state index contributed by atoms with van der Waals surface area (Å²) >= 11 is 0. The molecule has 222 valence electrons. The zero-order valence-electron chi connectivity index (χ0n) is 25.3. The van der Waals surface area contributed by atoms with Crippen LogP contribution >= 0.6 is 0 Å². The highest BCUT2D eigenvalue weighted by Gasteiger charge is 2.24. The van der Waals surface area contributed by atoms with Crippen molar-refractivity contribution in [1.82, 2.24) is 19.5 Å². The first-order valence-corrected chi connectivity index (χ1v) is 15.4. The van der Waals surface area contributed by atoms with Gasteiger partial charge in [0.05, 0.1) is 33.2 Å². The van der Waals surface area contributed by atoms with Crippen molar-refractivity contribution in [3.05, 3.63) is 145 Å². The first kappa shape index (κ1) is 27.2. The fraction of sp³-hybridized carbons (Fsp3) is 0. The van der Waals surface area contributed by atoms with E-state index in [2.05, 4.69) is 28.8 Å². The molecule has 0 fully saturated rings. The summed E-state index contributed by atoms with van der Waals surface area (Å²) < 4.78 is 8.35. The van der Waals surface area contributed by atoms with Crippen molar-refractivity contribution in [3.8, 4) is 52.0 Å². The Kier molecular flexibility index (Phi) is 6.11. The Morgan fingerprint density at radius 2 is 1.10 bits per heavy atom. The van der Waals surface area contributed by atoms with Gasteiger partial charge in [-0.2, -0.15) is 10.5 Å². The third-order valence-electron chi connectivity index (χ3n) is 8.76. The molecule has 0 aliphatic rings. The van der Waals surface area contributed by atoms with E-state index in [-0.39, 0.29) is 11.1 Å². The number of para-hydroxylation sites is 2. The molecule has 0 radical (unpaired) electrons. The number of aromatic nitrogens is 4. The van der Waals surface area contributed by atoms with Gasteiger partial charge in [-0.1, -0.05) is 97.1 Å². The van der Waals surface area contributed by atoms with Crippen LogP contribution in [0.25, 0.3) is 83.6 Å². The summed E-state index contributed by atoms with van der Waals surface area (Å²) in [7, 11) is 0. The molecule has 7 nitrogen and oxygen atoms in total. The van der Waals surface area contributed by atoms with Crippen LogP contribution in [0.1, 0.15) is 11.1 Å². The van der Waals surface area contributed by atoms with E-state index in [0.29, 0.717) is 28.7 Å². The maximum Gasteiger partial charge on any atom is 0.165 e. The van der Waals surface area contributed by atoms with E-state index in [0.717, 1.165) is 54.9 Å². The molecule has 0 bridgehead atoms. The second kappa shape index (κ2) is 10.8. The second-order valence-corrected chi connectivity index (χ2v) is 11.4. The van der Waals surface area contributed by atoms with E-state index < -0.39 is 0 Å². The summed E-state index contributed by atoms with van der Waals surface area (Å²) in [6, 6.07) is 47.9. The van der Waals surface area contributed by atoms with Crippen LogP contribution in [0, 0.1) is 22.7 Å². The molecule has 0 aliphatic heterocycles. The zero-order valence-corrected chi connectivity index (χ0v) is 25.3. The van der Waals surface area contributed by atoms with E-state index in [1.807, 2.05) is 121 Å². The topological polar surface area (TPSA) is 104 Å². The molecule has 0 spiro atoms. The van der Waals surface area contributed by atoms with Crippen LogP contribution in [0.15, 0.2) is 138 Å². The highest BCUT2D eigenvalue weighted by atomic mass is 16.3. The van der Waals surface area contributed by atoms with Gasteiger partial charge >= 0.3 is 0 Å². The Balaban J connectivity index is 1.35. The average Bonchev–Trinajstić information content (AvgIpc) is 3.70. The number of hydrogen-bond donors (Lipinski definition) is 0. The van der Waals surface area contributed by atoms with Gasteiger partial charge in [-0.3, -0.25) is 0 Å². The molecule has 7 heteroatoms. The summed E-state index contributed by atoms with van der Waals surface area (Å²) in [5, 5.41) is 25.4. The molecule has 6 aromatic carbocycles. The van der Waals surface area contributed by atoms with Crippen LogP contribution in [0.3, 0.4) is 0 Å². The number of fused-ring (bicyclic) bond motifs is 7. The van der Waals surface area contributed by atoms with Crippen molar-refractivity contribution in [2.75, 3.05) is 0 Å². The lowest BCUT2D eigenvalue weighted by Crippen LogP contribution is -2.05. The van der Waals surface area contributed by atoms with Crippen LogP contribution < -0.4 is 0 Å². The number of rotatable bonds is 4. The van der Waals surface area contributed by atoms with Crippen molar-refractivity contribution in [2.24, 2.45) is 0 Å². The SMILES string of the molecule is N#Cc1c(-c2nc(-c3ccccc3)nc(-c3ccccc3)n2)ccc(-n2c3ccccc3c3ccc4oc5ccccc5c4c32)c1C#N. The summed E-state index contributed by atoms with van der Waals surface area (Å²) in [6.07, 6.45) is 0. The third kappa shape index (κ3) is 4.09. The third-order valence-corrected chi connectivity index (χ3v) is 8.76. The Bertz CT molecular complexity index is 2740. The predicted octanol–water partition coefficient (Wildman–Crippen LogP) is 9.61. The maximum absolute atomic E-state index is 10.8. The van der Waals surface area contributed by atoms with Gasteiger partial charge in [0, 0.05) is 32.8 Å². The Labute approximate surface area is 274 Å². The molecule has 3 heterocycles. The Morgan fingerprint density at radius 3 is 1.79 bits per heavy atom. The summed E-state index contributed by atoms with van der Waals surface area (Å²) in [4.78, 5) is 14.5. The van der Waals surface area contributed by atoms with Crippen LogP contribution in [0.5, 0.6) is 0 Å². The van der Waals surface area contributed by atoms with Crippen molar-refractivity contribution in [1.29, 1.82) is 10.5 Å². The normalized spacial score (nSPS) is 11.3. The Morgan fingerprint density at radius 1 is 0.500 bits per heavy atom. The number of hydrogen-bond acceptors (Lipinski definition) is 6. The molecular formula is C41H22N6O. The standard InChI is InChI=1S/C41H22N6O/c42-23-31-29(41-45-39(25-11-3-1-4-12-25)44-40(46-41)26-13-5-2-6-14-26)19-21-34(32(31)24-43)47-33-17-9-7-15-27(33)28-20-22-36-37(38(28)47)30-16-8-10-18-35(30)48-36/h1-22H. The summed E-state index contributed by atoms with van der Waals surface area (Å²) in [5.41, 5.74) is 6.43. The second-order valence-electron chi connectivity index (χ2n) is 11.4. The molecule has 9 aromatic rings. The van der Waals surface area contributed by atoms with Gasteiger partial charge in [0.25, 0.3) is 0 Å². The minimum Gasteiger partial charge on any atom is -0.456 e. The van der Waals surface area contributed by atoms with Crippen LogP contribution in [-0.4, -0.2) is 19.5 Å². The van der Waals surface area contributed by atoms with Crippen LogP contribution in [0.2, 0.25) is 0 Å². The molecule has 0 unspecified atom stereocenters. The van der Waals surface area contributed by atoms with Crippen LogP contribution in [0.4, 0.5) is 0 Å². The lowest BCUT2D eigenvalue weighted by atomic mass is 9.99. The monoisotopic (exact) mass is 614 g/mol. The first-order chi connectivity index (χ1) is 23.7. The minimum absolute atomic E-state index is 0.189. The van der Waals surface area contributed by atoms with Crippen LogP contribution in [-0.2, 0) is 0 Å². The molecule has 0 N–H and O–H groups in total. The number of benzene rings is 6. The lowest BCUT2D eigenvalue weighted by molar-refractivity contribution is 0.669. The molecular weight excluding hydrogens is 592 g/mol. The minimum atomic E-state index is 0.189. The van der Waals surface area contributed by atoms with Gasteiger partial charge in [-0.05, 0) is 36.4 Å². The smallest absolute Gasteiger partial charge is 0.165 e. The molecule has 0 amide bonds. The molecule has 0 atom stereocenters. The number of furan rings is 1. The van der Waals surface area contributed by atoms with Crippen molar-refractivity contribution < 1.29 is 4.42 Å². The largest absolute Gasteiger partial charge is 0.456 e. The van der Waals surface area contributed by atoms with Crippen molar-refractivity contribution in [3.63, 3.8) is 0 Å². The molecule has 0 saturated heterocycles. The van der Waals surface area contributed by atoms with E-state index in [9.17, 15) is 10.5 Å². The number of nitrogens with zero attached hydrogens (tertiary/aromatic N) is 6. The highest BCUT2D eigenvalue weighted by molar-refractivity contribution is 6.24. The van der Waals surface area contributed by atoms with Gasteiger partial charge < -0.3 is 8.98 Å². The van der Waals surface area contributed by atoms with Gasteiger partial charge in [-0.25, -0.2) is 15.0 Å². The van der Waals surface area contributed by atoms with Crippen molar-refractivity contribution in [2.45, 2.75) is 0 Å². The molecule has 9 rings (SSSR count). The van der Waals surface area contributed by atoms with E-state index in [1.54, 1.807) is 0 Å². The molecule has 0 aliphatic carbocycles. The molecule has 3 aromatic heterocycles. The van der Waals surface area contributed by atoms with Crippen molar-refractivity contribution >= 4 is 43.7 Å². The summed E-state index contributed by atoms with van der Waals surface area (Å²) in [6.45, 7) is 0. The van der Waals surface area contributed by atoms with Gasteiger partial charge in [-0.15, -0.1) is 0 Å². The quantitative estimate of drug-likeness (QED) is 0.195. The average molecular weight is 615 g/mol. The first-order valence-electron chi connectivity index (χ1n) is 15.4.